The summed E-state index contributed by atoms with van der Waals surface area (Å²) in [6, 6.07) is 4.89. The number of morpholine rings is 1. The van der Waals surface area contributed by atoms with Gasteiger partial charge in [-0.3, -0.25) is 4.99 Å². The molecule has 2 fully saturated rings. The molecular formula is C18H26F3IN4O. The van der Waals surface area contributed by atoms with Crippen molar-refractivity contribution in [3.05, 3.63) is 29.3 Å². The van der Waals surface area contributed by atoms with E-state index in [1.54, 1.807) is 19.2 Å². The van der Waals surface area contributed by atoms with E-state index in [0.717, 1.165) is 6.42 Å². The Balaban J connectivity index is 0.00000261. The van der Waals surface area contributed by atoms with Gasteiger partial charge < -0.3 is 20.3 Å². The second-order valence-electron chi connectivity index (χ2n) is 6.83. The van der Waals surface area contributed by atoms with Gasteiger partial charge in [0.05, 0.1) is 18.8 Å². The van der Waals surface area contributed by atoms with Crippen molar-refractivity contribution < 1.29 is 17.9 Å². The van der Waals surface area contributed by atoms with Crippen molar-refractivity contribution in [1.29, 1.82) is 0 Å². The summed E-state index contributed by atoms with van der Waals surface area (Å²) in [5, 5.41) is 6.21. The second kappa shape index (κ2) is 9.31. The molecule has 0 spiro atoms. The number of nitrogens with one attached hydrogen (secondary N) is 2. The van der Waals surface area contributed by atoms with E-state index in [1.165, 1.54) is 6.07 Å². The molecule has 2 aliphatic rings. The summed E-state index contributed by atoms with van der Waals surface area (Å²) in [6.45, 7) is 4.46. The molecule has 0 bridgehead atoms. The van der Waals surface area contributed by atoms with Crippen molar-refractivity contribution in [2.45, 2.75) is 32.1 Å². The van der Waals surface area contributed by atoms with Crippen LogP contribution in [0.3, 0.4) is 0 Å². The number of hydrogen-bond donors (Lipinski definition) is 2. The third-order valence-corrected chi connectivity index (χ3v) is 4.88. The van der Waals surface area contributed by atoms with E-state index in [-0.39, 0.29) is 36.1 Å². The van der Waals surface area contributed by atoms with E-state index in [2.05, 4.69) is 22.5 Å². The molecule has 27 heavy (non-hydrogen) atoms. The van der Waals surface area contributed by atoms with E-state index in [1.807, 2.05) is 4.90 Å². The largest absolute Gasteiger partial charge is 0.416 e. The Morgan fingerprint density at radius 1 is 1.30 bits per heavy atom. The van der Waals surface area contributed by atoms with Crippen LogP contribution in [0.2, 0.25) is 0 Å². The molecule has 0 amide bonds. The minimum Gasteiger partial charge on any atom is -0.378 e. The molecule has 1 aromatic carbocycles. The maximum atomic E-state index is 13.6. The van der Waals surface area contributed by atoms with Gasteiger partial charge in [-0.25, -0.2) is 0 Å². The fourth-order valence-electron chi connectivity index (χ4n) is 3.07. The Morgan fingerprint density at radius 3 is 2.52 bits per heavy atom. The van der Waals surface area contributed by atoms with E-state index in [4.69, 9.17) is 4.74 Å². The average Bonchev–Trinajstić information content (AvgIpc) is 3.33. The van der Waals surface area contributed by atoms with Crippen LogP contribution in [0, 0.1) is 5.92 Å². The number of alkyl halides is 3. The van der Waals surface area contributed by atoms with Gasteiger partial charge >= 0.3 is 6.18 Å². The lowest BCUT2D eigenvalue weighted by atomic mass is 10.0. The molecule has 2 atom stereocenters. The molecule has 1 saturated carbocycles. The first kappa shape index (κ1) is 22.1. The van der Waals surface area contributed by atoms with Crippen LogP contribution in [0.15, 0.2) is 23.2 Å². The van der Waals surface area contributed by atoms with E-state index >= 15 is 0 Å². The molecule has 0 radical (unpaired) electrons. The normalized spacial score (nSPS) is 22.9. The van der Waals surface area contributed by atoms with Crippen LogP contribution in [0.4, 0.5) is 18.9 Å². The summed E-state index contributed by atoms with van der Waals surface area (Å²) in [5.74, 6) is 1.11. The third-order valence-electron chi connectivity index (χ3n) is 4.88. The molecule has 2 unspecified atom stereocenters. The highest BCUT2D eigenvalue weighted by atomic mass is 127. The number of guanidine groups is 1. The van der Waals surface area contributed by atoms with Gasteiger partial charge in [-0.15, -0.1) is 24.0 Å². The number of hydrogen-bond acceptors (Lipinski definition) is 3. The molecule has 1 heterocycles. The summed E-state index contributed by atoms with van der Waals surface area (Å²) in [7, 11) is 1.62. The first-order valence-corrected chi connectivity index (χ1v) is 8.88. The first-order chi connectivity index (χ1) is 12.4. The van der Waals surface area contributed by atoms with Gasteiger partial charge in [-0.05, 0) is 30.0 Å². The number of anilines is 1. The van der Waals surface area contributed by atoms with E-state index in [9.17, 15) is 13.2 Å². The summed E-state index contributed by atoms with van der Waals surface area (Å²) < 4.78 is 45.9. The number of ether oxygens (including phenoxy) is 1. The van der Waals surface area contributed by atoms with Gasteiger partial charge in [-0.2, -0.15) is 13.2 Å². The Labute approximate surface area is 174 Å². The summed E-state index contributed by atoms with van der Waals surface area (Å²) >= 11 is 0. The number of rotatable bonds is 4. The first-order valence-electron chi connectivity index (χ1n) is 8.88. The molecule has 5 nitrogen and oxygen atoms in total. The van der Waals surface area contributed by atoms with Crippen molar-refractivity contribution in [3.8, 4) is 0 Å². The van der Waals surface area contributed by atoms with Crippen LogP contribution in [-0.2, 0) is 17.5 Å². The molecule has 0 aromatic heterocycles. The topological polar surface area (TPSA) is 48.9 Å². The Hall–Kier alpha value is -1.23. The standard InChI is InChI=1S/C18H25F3N4O.HI/c1-12-9-16(12)24-17(22-2)23-11-13-3-4-14(10-15(13)18(19,20)21)25-5-7-26-8-6-25;/h3-4,10,12,16H,5-9,11H2,1-2H3,(H2,22,23,24);1H. The predicted octanol–water partition coefficient (Wildman–Crippen LogP) is 3.23. The number of halogens is 4. The van der Waals surface area contributed by atoms with Gasteiger partial charge in [0.2, 0.25) is 0 Å². The summed E-state index contributed by atoms with van der Waals surface area (Å²) in [6.07, 6.45) is -3.34. The zero-order valence-corrected chi connectivity index (χ0v) is 17.8. The van der Waals surface area contributed by atoms with Gasteiger partial charge in [0.15, 0.2) is 5.96 Å². The number of aliphatic imine (C=N–C) groups is 1. The SMILES string of the molecule is CN=C(NCc1ccc(N2CCOCC2)cc1C(F)(F)F)NC1CC1C.I. The zero-order valence-electron chi connectivity index (χ0n) is 15.5. The van der Waals surface area contributed by atoms with Crippen molar-refractivity contribution in [3.63, 3.8) is 0 Å². The fraction of sp³-hybridized carbons (Fsp3) is 0.611. The van der Waals surface area contributed by atoms with Gasteiger partial charge in [0.1, 0.15) is 0 Å². The highest BCUT2D eigenvalue weighted by Gasteiger charge is 2.35. The zero-order chi connectivity index (χ0) is 18.7. The Bertz CT molecular complexity index is 662. The van der Waals surface area contributed by atoms with Crippen molar-refractivity contribution >= 4 is 35.6 Å². The van der Waals surface area contributed by atoms with Crippen LogP contribution in [0.1, 0.15) is 24.5 Å². The monoisotopic (exact) mass is 498 g/mol. The molecule has 3 rings (SSSR count). The van der Waals surface area contributed by atoms with E-state index < -0.39 is 11.7 Å². The van der Waals surface area contributed by atoms with Crippen molar-refractivity contribution in [1.82, 2.24) is 10.6 Å². The lowest BCUT2D eigenvalue weighted by Gasteiger charge is -2.29. The lowest BCUT2D eigenvalue weighted by Crippen LogP contribution is -2.39. The number of nitrogens with zero attached hydrogens (tertiary/aromatic N) is 2. The smallest absolute Gasteiger partial charge is 0.378 e. The summed E-state index contributed by atoms with van der Waals surface area (Å²) in [4.78, 5) is 6.01. The van der Waals surface area contributed by atoms with Crippen LogP contribution in [0.25, 0.3) is 0 Å². The Morgan fingerprint density at radius 2 is 1.96 bits per heavy atom. The van der Waals surface area contributed by atoms with Crippen LogP contribution < -0.4 is 15.5 Å². The summed E-state index contributed by atoms with van der Waals surface area (Å²) in [5.41, 5.74) is 0.184. The average molecular weight is 498 g/mol. The van der Waals surface area contributed by atoms with Crippen molar-refractivity contribution in [2.24, 2.45) is 10.9 Å². The fourth-order valence-corrected chi connectivity index (χ4v) is 3.07. The predicted molar refractivity (Wildman–Crippen MR) is 111 cm³/mol. The molecular weight excluding hydrogens is 472 g/mol. The quantitative estimate of drug-likeness (QED) is 0.381. The molecule has 1 saturated heterocycles. The second-order valence-corrected chi connectivity index (χ2v) is 6.83. The van der Waals surface area contributed by atoms with Crippen LogP contribution in [-0.4, -0.2) is 45.4 Å². The number of benzene rings is 1. The molecule has 1 aliphatic carbocycles. The molecule has 1 aliphatic heterocycles. The lowest BCUT2D eigenvalue weighted by molar-refractivity contribution is -0.138. The minimum atomic E-state index is -4.40. The maximum absolute atomic E-state index is 13.6. The highest BCUT2D eigenvalue weighted by molar-refractivity contribution is 14.0. The molecule has 1 aromatic rings. The molecule has 2 N–H and O–H groups in total. The van der Waals surface area contributed by atoms with Gasteiger partial charge in [0, 0.05) is 38.4 Å². The Kier molecular flexibility index (Phi) is 7.61. The molecule has 9 heteroatoms. The van der Waals surface area contributed by atoms with Gasteiger partial charge in [0.25, 0.3) is 0 Å². The van der Waals surface area contributed by atoms with Gasteiger partial charge in [-0.1, -0.05) is 13.0 Å². The van der Waals surface area contributed by atoms with Crippen molar-refractivity contribution in [2.75, 3.05) is 38.3 Å². The third kappa shape index (κ3) is 5.87. The van der Waals surface area contributed by atoms with E-state index in [0.29, 0.717) is 49.9 Å². The van der Waals surface area contributed by atoms with Crippen LogP contribution in [0.5, 0.6) is 0 Å². The van der Waals surface area contributed by atoms with Crippen LogP contribution >= 0.6 is 24.0 Å². The molecule has 152 valence electrons. The highest BCUT2D eigenvalue weighted by Crippen LogP contribution is 2.35. The maximum Gasteiger partial charge on any atom is 0.416 e. The minimum absolute atomic E-state index is 0.